The van der Waals surface area contributed by atoms with Gasteiger partial charge in [0.2, 0.25) is 5.91 Å². The number of rotatable bonds is 3. The van der Waals surface area contributed by atoms with E-state index in [1.807, 2.05) is 0 Å². The van der Waals surface area contributed by atoms with Gasteiger partial charge in [0.1, 0.15) is 5.82 Å². The molecule has 4 N–H and O–H groups in total. The van der Waals surface area contributed by atoms with Crippen molar-refractivity contribution < 1.29 is 14.0 Å². The van der Waals surface area contributed by atoms with Gasteiger partial charge in [-0.2, -0.15) is 0 Å². The number of benzene rings is 1. The van der Waals surface area contributed by atoms with E-state index in [2.05, 4.69) is 10.6 Å². The van der Waals surface area contributed by atoms with E-state index in [1.165, 1.54) is 17.0 Å². The molecule has 1 heterocycles. The van der Waals surface area contributed by atoms with Crippen LogP contribution in [0.2, 0.25) is 0 Å². The molecule has 2 fully saturated rings. The molecule has 2 amide bonds. The Labute approximate surface area is 134 Å². The molecule has 1 aliphatic carbocycles. The molecule has 2 unspecified atom stereocenters. The zero-order chi connectivity index (χ0) is 16.4. The van der Waals surface area contributed by atoms with Gasteiger partial charge >= 0.3 is 0 Å². The predicted molar refractivity (Wildman–Crippen MR) is 84.7 cm³/mol. The number of nitrogens with zero attached hydrogens (tertiary/aromatic N) is 1. The molecule has 0 aromatic heterocycles. The molecule has 1 saturated heterocycles. The summed E-state index contributed by atoms with van der Waals surface area (Å²) in [6.07, 6.45) is 2.66. The topological polar surface area (TPSA) is 87.5 Å². The van der Waals surface area contributed by atoms with Crippen LogP contribution in [0.25, 0.3) is 0 Å². The largest absolute Gasteiger partial charge is 0.348 e. The number of piperazine rings is 1. The highest BCUT2D eigenvalue weighted by Crippen LogP contribution is 2.21. The van der Waals surface area contributed by atoms with Crippen LogP contribution in [-0.2, 0) is 4.79 Å². The standard InChI is InChI=1S/C16H21FN4O2/c17-12-8-10(21-7-6-19-9-15(21)22)4-5-11(12)16(23)20-14-3-1-2-13(14)18/h4-5,8,13-14,19H,1-3,6-7,9,18H2,(H,20,23). The Bertz CT molecular complexity index is 622. The van der Waals surface area contributed by atoms with Crippen LogP contribution >= 0.6 is 0 Å². The van der Waals surface area contributed by atoms with Crippen molar-refractivity contribution in [1.82, 2.24) is 10.6 Å². The van der Waals surface area contributed by atoms with E-state index in [9.17, 15) is 14.0 Å². The van der Waals surface area contributed by atoms with Gasteiger partial charge in [0.05, 0.1) is 12.1 Å². The molecule has 0 radical (unpaired) electrons. The SMILES string of the molecule is NC1CCCC1NC(=O)c1ccc(N2CCNCC2=O)cc1F. The molecule has 1 aromatic rings. The van der Waals surface area contributed by atoms with Crippen LogP contribution in [0.3, 0.4) is 0 Å². The maximum absolute atomic E-state index is 14.3. The Kier molecular flexibility index (Phi) is 4.58. The molecule has 6 nitrogen and oxygen atoms in total. The van der Waals surface area contributed by atoms with E-state index in [4.69, 9.17) is 5.73 Å². The number of nitrogens with two attached hydrogens (primary N) is 1. The number of hydrogen-bond acceptors (Lipinski definition) is 4. The monoisotopic (exact) mass is 320 g/mol. The molecule has 2 atom stereocenters. The number of halogens is 1. The second-order valence-corrected chi connectivity index (χ2v) is 6.06. The maximum atomic E-state index is 14.3. The Balaban J connectivity index is 1.73. The first-order valence-corrected chi connectivity index (χ1v) is 7.93. The van der Waals surface area contributed by atoms with E-state index in [1.54, 1.807) is 6.07 Å². The number of anilines is 1. The lowest BCUT2D eigenvalue weighted by Crippen LogP contribution is -2.48. The lowest BCUT2D eigenvalue weighted by atomic mass is 10.1. The van der Waals surface area contributed by atoms with E-state index < -0.39 is 11.7 Å². The molecular weight excluding hydrogens is 299 g/mol. The zero-order valence-corrected chi connectivity index (χ0v) is 12.8. The fourth-order valence-corrected chi connectivity index (χ4v) is 3.15. The van der Waals surface area contributed by atoms with Gasteiger partial charge in [0.25, 0.3) is 5.91 Å². The van der Waals surface area contributed by atoms with E-state index >= 15 is 0 Å². The highest BCUT2D eigenvalue weighted by molar-refractivity contribution is 5.98. The first-order chi connectivity index (χ1) is 11.1. The van der Waals surface area contributed by atoms with E-state index in [-0.39, 0.29) is 30.1 Å². The van der Waals surface area contributed by atoms with E-state index in [0.29, 0.717) is 18.8 Å². The first kappa shape index (κ1) is 15.9. The van der Waals surface area contributed by atoms with Crippen LogP contribution in [-0.4, -0.2) is 43.5 Å². The van der Waals surface area contributed by atoms with Crippen LogP contribution in [0, 0.1) is 5.82 Å². The third-order valence-corrected chi connectivity index (χ3v) is 4.48. The second kappa shape index (κ2) is 6.64. The van der Waals surface area contributed by atoms with Gasteiger partial charge < -0.3 is 21.3 Å². The van der Waals surface area contributed by atoms with Crippen LogP contribution in [0.1, 0.15) is 29.6 Å². The van der Waals surface area contributed by atoms with Crippen LogP contribution < -0.4 is 21.3 Å². The van der Waals surface area contributed by atoms with Crippen molar-refractivity contribution in [3.8, 4) is 0 Å². The van der Waals surface area contributed by atoms with Gasteiger partial charge in [-0.15, -0.1) is 0 Å². The van der Waals surface area contributed by atoms with E-state index in [0.717, 1.165) is 19.3 Å². The quantitative estimate of drug-likeness (QED) is 0.751. The van der Waals surface area contributed by atoms with Gasteiger partial charge in [-0.25, -0.2) is 4.39 Å². The van der Waals surface area contributed by atoms with Gasteiger partial charge in [0.15, 0.2) is 0 Å². The zero-order valence-electron chi connectivity index (χ0n) is 12.8. The minimum Gasteiger partial charge on any atom is -0.348 e. The molecule has 1 saturated carbocycles. The summed E-state index contributed by atoms with van der Waals surface area (Å²) in [6.45, 7) is 1.39. The van der Waals surface area contributed by atoms with Crippen LogP contribution in [0.4, 0.5) is 10.1 Å². The minimum absolute atomic E-state index is 0.0181. The number of carbonyl (C=O) groups is 2. The predicted octanol–water partition coefficient (Wildman–Crippen LogP) is 0.372. The van der Waals surface area contributed by atoms with Crippen molar-refractivity contribution >= 4 is 17.5 Å². The average Bonchev–Trinajstić information content (AvgIpc) is 2.92. The summed E-state index contributed by atoms with van der Waals surface area (Å²) in [7, 11) is 0. The summed E-state index contributed by atoms with van der Waals surface area (Å²) in [5.41, 5.74) is 6.38. The van der Waals surface area contributed by atoms with Crippen molar-refractivity contribution in [1.29, 1.82) is 0 Å². The molecule has 124 valence electrons. The molecular formula is C16H21FN4O2. The molecule has 1 aliphatic heterocycles. The fourth-order valence-electron chi connectivity index (χ4n) is 3.15. The Morgan fingerprint density at radius 1 is 1.39 bits per heavy atom. The van der Waals surface area contributed by atoms with Crippen molar-refractivity contribution in [3.05, 3.63) is 29.6 Å². The third-order valence-electron chi connectivity index (χ3n) is 4.48. The van der Waals surface area contributed by atoms with Crippen LogP contribution in [0.5, 0.6) is 0 Å². The maximum Gasteiger partial charge on any atom is 0.254 e. The molecule has 7 heteroatoms. The van der Waals surface area contributed by atoms with Crippen LogP contribution in [0.15, 0.2) is 18.2 Å². The molecule has 0 spiro atoms. The Hall–Kier alpha value is -1.99. The second-order valence-electron chi connectivity index (χ2n) is 6.06. The Morgan fingerprint density at radius 3 is 2.87 bits per heavy atom. The lowest BCUT2D eigenvalue weighted by Gasteiger charge is -2.27. The normalized spacial score (nSPS) is 24.8. The van der Waals surface area contributed by atoms with Gasteiger partial charge in [-0.05, 0) is 37.5 Å². The molecule has 23 heavy (non-hydrogen) atoms. The summed E-state index contributed by atoms with van der Waals surface area (Å²) in [6, 6.07) is 4.11. The number of hydrogen-bond donors (Lipinski definition) is 3. The molecule has 1 aromatic carbocycles. The van der Waals surface area contributed by atoms with Crippen molar-refractivity contribution in [2.75, 3.05) is 24.5 Å². The highest BCUT2D eigenvalue weighted by atomic mass is 19.1. The van der Waals surface area contributed by atoms with Crippen molar-refractivity contribution in [2.45, 2.75) is 31.3 Å². The average molecular weight is 320 g/mol. The van der Waals surface area contributed by atoms with Crippen molar-refractivity contribution in [3.63, 3.8) is 0 Å². The number of carbonyl (C=O) groups excluding carboxylic acids is 2. The summed E-state index contributed by atoms with van der Waals surface area (Å²) in [5, 5.41) is 5.76. The highest BCUT2D eigenvalue weighted by Gasteiger charge is 2.27. The van der Waals surface area contributed by atoms with Gasteiger partial charge in [0, 0.05) is 30.9 Å². The molecule has 3 rings (SSSR count). The fraction of sp³-hybridized carbons (Fsp3) is 0.500. The van der Waals surface area contributed by atoms with Gasteiger partial charge in [-0.3, -0.25) is 9.59 Å². The smallest absolute Gasteiger partial charge is 0.254 e. The molecule has 2 aliphatic rings. The number of amides is 2. The summed E-state index contributed by atoms with van der Waals surface area (Å²) >= 11 is 0. The summed E-state index contributed by atoms with van der Waals surface area (Å²) in [5.74, 6) is -1.19. The Morgan fingerprint density at radius 2 is 2.22 bits per heavy atom. The third kappa shape index (κ3) is 3.35. The first-order valence-electron chi connectivity index (χ1n) is 7.93. The minimum atomic E-state index is -0.627. The van der Waals surface area contributed by atoms with Crippen molar-refractivity contribution in [2.24, 2.45) is 5.73 Å². The summed E-state index contributed by atoms with van der Waals surface area (Å²) < 4.78 is 14.3. The molecule has 0 bridgehead atoms. The lowest BCUT2D eigenvalue weighted by molar-refractivity contribution is -0.118. The van der Waals surface area contributed by atoms with Gasteiger partial charge in [-0.1, -0.05) is 0 Å². The number of nitrogens with one attached hydrogen (secondary N) is 2. The summed E-state index contributed by atoms with van der Waals surface area (Å²) in [4.78, 5) is 25.6.